The second kappa shape index (κ2) is 10.8. The molecule has 35 heavy (non-hydrogen) atoms. The first kappa shape index (κ1) is 26.7. The molecule has 0 radical (unpaired) electrons. The summed E-state index contributed by atoms with van der Waals surface area (Å²) in [5.41, 5.74) is 4.40. The van der Waals surface area contributed by atoms with Crippen molar-refractivity contribution in [2.45, 2.75) is 57.6 Å². The van der Waals surface area contributed by atoms with Crippen molar-refractivity contribution < 1.29 is 36.7 Å². The number of para-hydroxylation sites is 1. The van der Waals surface area contributed by atoms with Crippen molar-refractivity contribution in [3.8, 4) is 5.75 Å². The summed E-state index contributed by atoms with van der Waals surface area (Å²) in [6.07, 6.45) is -3.41. The van der Waals surface area contributed by atoms with Crippen LogP contribution in [0.15, 0.2) is 47.4 Å². The molecule has 0 aliphatic carbocycles. The van der Waals surface area contributed by atoms with Crippen LogP contribution in [0, 0.1) is 0 Å². The fourth-order valence-corrected chi connectivity index (χ4v) is 4.74. The number of hydrogen-bond acceptors (Lipinski definition) is 9. The van der Waals surface area contributed by atoms with Crippen LogP contribution in [0.1, 0.15) is 33.4 Å². The van der Waals surface area contributed by atoms with Crippen LogP contribution in [0.2, 0.25) is 0 Å². The molecule has 1 fully saturated rings. The first-order chi connectivity index (χ1) is 16.4. The van der Waals surface area contributed by atoms with E-state index in [1.54, 1.807) is 32.0 Å². The molecule has 1 aromatic heterocycles. The zero-order valence-corrected chi connectivity index (χ0v) is 20.2. The average molecular weight is 516 g/mol. The fourth-order valence-electron chi connectivity index (χ4n) is 3.22. The van der Waals surface area contributed by atoms with Crippen LogP contribution in [0.4, 0.5) is 14.6 Å². The zero-order valence-electron chi connectivity index (χ0n) is 19.3. The summed E-state index contributed by atoms with van der Waals surface area (Å²) in [6.45, 7) is 4.10. The number of rotatable bonds is 10. The predicted octanol–water partition coefficient (Wildman–Crippen LogP) is 2.88. The molecule has 0 saturated carbocycles. The van der Waals surface area contributed by atoms with Crippen molar-refractivity contribution in [2.75, 3.05) is 12.3 Å². The summed E-state index contributed by atoms with van der Waals surface area (Å²) in [6, 6.07) is 8.05. The van der Waals surface area contributed by atoms with Crippen molar-refractivity contribution in [3.05, 3.63) is 53.1 Å². The molecule has 0 bridgehead atoms. The smallest absolute Gasteiger partial charge is 0.459 e. The summed E-state index contributed by atoms with van der Waals surface area (Å²) in [5.74, 6) is -4.13. The minimum atomic E-state index is -4.27. The normalized spacial score (nSPS) is 21.9. The maximum absolute atomic E-state index is 14.7. The Labute approximate surface area is 200 Å². The van der Waals surface area contributed by atoms with Crippen molar-refractivity contribution in [3.63, 3.8) is 0 Å². The van der Waals surface area contributed by atoms with E-state index in [0.717, 1.165) is 6.20 Å². The number of nitrogens with one attached hydrogen (secondary N) is 1. The Morgan fingerprint density at radius 3 is 2.63 bits per heavy atom. The monoisotopic (exact) mass is 516 g/mol. The fraction of sp³-hybridized carbons (Fsp3) is 0.476. The molecule has 1 aliphatic heterocycles. The Hall–Kier alpha value is -2.86. The highest BCUT2D eigenvalue weighted by molar-refractivity contribution is 7.52. The van der Waals surface area contributed by atoms with Crippen LogP contribution in [0.3, 0.4) is 0 Å². The van der Waals surface area contributed by atoms with Gasteiger partial charge in [-0.15, -0.1) is 0 Å². The third-order valence-corrected chi connectivity index (χ3v) is 6.39. The Balaban J connectivity index is 1.74. The molecule has 14 heteroatoms. The largest absolute Gasteiger partial charge is 0.462 e. The number of halogens is 2. The zero-order chi connectivity index (χ0) is 25.8. The molecule has 0 amide bonds. The number of hydrogen-bond donors (Lipinski definition) is 2. The minimum absolute atomic E-state index is 0.123. The summed E-state index contributed by atoms with van der Waals surface area (Å²) in [5, 5.41) is 2.46. The van der Waals surface area contributed by atoms with Crippen LogP contribution in [0.5, 0.6) is 5.75 Å². The summed E-state index contributed by atoms with van der Waals surface area (Å²) >= 11 is 0. The number of ether oxygens (including phenoxy) is 2. The quantitative estimate of drug-likeness (QED) is 0.357. The van der Waals surface area contributed by atoms with Crippen molar-refractivity contribution in [2.24, 2.45) is 0 Å². The van der Waals surface area contributed by atoms with Gasteiger partial charge in [0, 0.05) is 12.6 Å². The van der Waals surface area contributed by atoms with E-state index in [0.29, 0.717) is 4.57 Å². The predicted molar refractivity (Wildman–Crippen MR) is 121 cm³/mol. The van der Waals surface area contributed by atoms with Crippen LogP contribution in [0.25, 0.3) is 0 Å². The minimum Gasteiger partial charge on any atom is -0.462 e. The average Bonchev–Trinajstić information content (AvgIpc) is 3.06. The van der Waals surface area contributed by atoms with Gasteiger partial charge in [-0.25, -0.2) is 18.1 Å². The van der Waals surface area contributed by atoms with Gasteiger partial charge >= 0.3 is 19.4 Å². The number of carbonyl (C=O) groups is 1. The highest BCUT2D eigenvalue weighted by Gasteiger charge is 2.52. The number of benzene rings is 1. The van der Waals surface area contributed by atoms with Crippen LogP contribution in [-0.2, 0) is 23.4 Å². The number of nitrogen functional groups attached to an aromatic ring is 1. The highest BCUT2D eigenvalue weighted by Crippen LogP contribution is 2.47. The lowest BCUT2D eigenvalue weighted by molar-refractivity contribution is -0.149. The topological polar surface area (TPSA) is 144 Å². The maximum atomic E-state index is 14.7. The van der Waals surface area contributed by atoms with Gasteiger partial charge in [0.1, 0.15) is 17.6 Å². The second-order valence-corrected chi connectivity index (χ2v) is 9.85. The van der Waals surface area contributed by atoms with E-state index in [2.05, 4.69) is 10.1 Å². The van der Waals surface area contributed by atoms with Gasteiger partial charge in [0.15, 0.2) is 0 Å². The van der Waals surface area contributed by atoms with Gasteiger partial charge in [-0.3, -0.25) is 13.9 Å². The van der Waals surface area contributed by atoms with E-state index in [-0.39, 0.29) is 11.6 Å². The first-order valence-corrected chi connectivity index (χ1v) is 12.3. The van der Waals surface area contributed by atoms with Crippen LogP contribution in [-0.4, -0.2) is 46.3 Å². The van der Waals surface area contributed by atoms with Gasteiger partial charge in [0.2, 0.25) is 6.23 Å². The third-order valence-electron chi connectivity index (χ3n) is 4.74. The summed E-state index contributed by atoms with van der Waals surface area (Å²) < 4.78 is 64.7. The number of carbonyl (C=O) groups excluding carboxylic acids is 1. The number of esters is 1. The van der Waals surface area contributed by atoms with Gasteiger partial charge in [0.25, 0.3) is 5.92 Å². The molecular formula is C21H27F2N4O7P. The van der Waals surface area contributed by atoms with E-state index in [1.165, 1.54) is 25.1 Å². The molecule has 2 heterocycles. The van der Waals surface area contributed by atoms with Crippen LogP contribution < -0.4 is 21.0 Å². The Bertz CT molecular complexity index is 1130. The van der Waals surface area contributed by atoms with Gasteiger partial charge in [0.05, 0.1) is 18.8 Å². The number of alkyl halides is 2. The number of anilines is 1. The van der Waals surface area contributed by atoms with E-state index >= 15 is 0 Å². The lowest BCUT2D eigenvalue weighted by atomic mass is 10.2. The molecule has 0 spiro atoms. The Morgan fingerprint density at radius 2 is 2.00 bits per heavy atom. The van der Waals surface area contributed by atoms with E-state index in [1.807, 2.05) is 0 Å². The highest BCUT2D eigenvalue weighted by atomic mass is 31.2. The molecule has 3 rings (SSSR count). The van der Waals surface area contributed by atoms with Gasteiger partial charge < -0.3 is 19.7 Å². The lowest BCUT2D eigenvalue weighted by Gasteiger charge is -2.24. The molecule has 3 N–H and O–H groups in total. The van der Waals surface area contributed by atoms with Crippen molar-refractivity contribution >= 4 is 19.5 Å². The van der Waals surface area contributed by atoms with Gasteiger partial charge in [-0.1, -0.05) is 18.2 Å². The number of aromatic nitrogens is 2. The molecule has 1 saturated heterocycles. The molecule has 4 atom stereocenters. The maximum Gasteiger partial charge on any atom is 0.459 e. The summed E-state index contributed by atoms with van der Waals surface area (Å²) in [7, 11) is -4.27. The third kappa shape index (κ3) is 7.07. The van der Waals surface area contributed by atoms with E-state index in [4.69, 9.17) is 24.3 Å². The molecule has 192 valence electrons. The molecule has 11 nitrogen and oxygen atoms in total. The number of nitrogens with zero attached hydrogens (tertiary/aromatic N) is 2. The van der Waals surface area contributed by atoms with Gasteiger partial charge in [-0.2, -0.15) is 10.1 Å². The SMILES string of the molecule is CC(C)OC(=O)[C@H](C)NP(=O)(OC[C@H]1CC(F)(F)[C@H](n2ccc(N)nc2=O)O1)Oc1ccccc1. The molecule has 1 unspecified atom stereocenters. The molecule has 1 aliphatic rings. The first-order valence-electron chi connectivity index (χ1n) is 10.7. The lowest BCUT2D eigenvalue weighted by Crippen LogP contribution is -2.36. The standard InChI is InChI=1S/C21H27F2N4O7P/c1-13(2)32-18(28)14(3)26-35(30,34-15-7-5-4-6-8-15)31-12-16-11-21(22,23)19(33-16)27-10-9-17(24)25-20(27)29/h4-10,13-14,16,19H,11-12H2,1-3H3,(H,26,30)(H2,24,25,29)/t14-,16+,19+,35?/m0/s1. The van der Waals surface area contributed by atoms with Crippen LogP contribution >= 0.6 is 7.75 Å². The van der Waals surface area contributed by atoms with Gasteiger partial charge in [-0.05, 0) is 39.0 Å². The molecule has 1 aromatic carbocycles. The summed E-state index contributed by atoms with van der Waals surface area (Å²) in [4.78, 5) is 27.6. The second-order valence-electron chi connectivity index (χ2n) is 8.15. The van der Waals surface area contributed by atoms with Crippen molar-refractivity contribution in [1.29, 1.82) is 0 Å². The Kier molecular flexibility index (Phi) is 8.26. The number of nitrogens with two attached hydrogens (primary N) is 1. The molecular weight excluding hydrogens is 489 g/mol. The van der Waals surface area contributed by atoms with E-state index in [9.17, 15) is 22.9 Å². The van der Waals surface area contributed by atoms with Crippen molar-refractivity contribution in [1.82, 2.24) is 14.6 Å². The molecule has 2 aromatic rings. The Morgan fingerprint density at radius 1 is 1.31 bits per heavy atom. The van der Waals surface area contributed by atoms with E-state index < -0.39 is 62.8 Å².